The predicted octanol–water partition coefficient (Wildman–Crippen LogP) is 4.57. The Labute approximate surface area is 492 Å². The van der Waals surface area contributed by atoms with Crippen LogP contribution in [0, 0.1) is 20.8 Å². The number of ether oxygens (including phenoxy) is 3. The molecule has 85 heavy (non-hydrogen) atoms. The van der Waals surface area contributed by atoms with Gasteiger partial charge in [0.25, 0.3) is 5.91 Å². The number of benzene rings is 3. The molecule has 1 atom stereocenters. The second-order valence-electron chi connectivity index (χ2n) is 19.2. The van der Waals surface area contributed by atoms with Gasteiger partial charge in [-0.2, -0.15) is 10.2 Å². The highest BCUT2D eigenvalue weighted by Gasteiger charge is 2.26. The van der Waals surface area contributed by atoms with Gasteiger partial charge in [0.2, 0.25) is 41.9 Å². The summed E-state index contributed by atoms with van der Waals surface area (Å²) in [6.45, 7) is 12.0. The Hall–Kier alpha value is -10.1. The number of likely N-dealkylation sites (N-methyl/N-ethyl adjacent to an activating group) is 2. The van der Waals surface area contributed by atoms with Crippen molar-refractivity contribution in [2.75, 3.05) is 65.7 Å². The molecule has 0 aliphatic heterocycles. The highest BCUT2D eigenvalue weighted by atomic mass is 16.5. The monoisotopic (exact) mass is 1170 g/mol. The SMILES string of the molecule is CCn1nc(C)cc1C(=O)Nc1nc2cc(C(N)=O)cc(OC)c2n1C/C=C/Cn1c(NC)nc2cc(C)cc(OCCCN(C)C(=O)C(Cc3ccc(OC)cc3)NC(=O)CCN(C)C(=O)/C=C\C=O)c21.CCn1nc(C)cc1C=O.NC=O. The van der Waals surface area contributed by atoms with E-state index in [0.717, 1.165) is 47.3 Å². The number of nitrogens with one attached hydrogen (secondary N) is 3. The van der Waals surface area contributed by atoms with Crippen molar-refractivity contribution in [3.05, 3.63) is 124 Å². The predicted molar refractivity (Wildman–Crippen MR) is 321 cm³/mol. The van der Waals surface area contributed by atoms with Crippen molar-refractivity contribution in [2.45, 2.75) is 86.1 Å². The number of rotatable bonds is 27. The second-order valence-corrected chi connectivity index (χ2v) is 19.2. The molecule has 26 heteroatoms. The van der Waals surface area contributed by atoms with Crippen LogP contribution in [0.2, 0.25) is 0 Å². The van der Waals surface area contributed by atoms with Gasteiger partial charge in [-0.05, 0) is 107 Å². The number of nitrogens with zero attached hydrogens (tertiary/aromatic N) is 10. The lowest BCUT2D eigenvalue weighted by atomic mass is 10.0. The van der Waals surface area contributed by atoms with Gasteiger partial charge in [0.15, 0.2) is 6.29 Å². The molecule has 0 saturated heterocycles. The first kappa shape index (κ1) is 65.7. The molecular weight excluding hydrogens is 1090 g/mol. The number of aldehydes is 2. The molecule has 0 bridgehead atoms. The van der Waals surface area contributed by atoms with Crippen LogP contribution in [0.25, 0.3) is 22.1 Å². The Morgan fingerprint density at radius 2 is 1.39 bits per heavy atom. The van der Waals surface area contributed by atoms with Crippen LogP contribution in [0.15, 0.2) is 85.0 Å². The number of methoxy groups -OCH3 is 2. The summed E-state index contributed by atoms with van der Waals surface area (Å²) in [5.41, 5.74) is 16.8. The highest BCUT2D eigenvalue weighted by Crippen LogP contribution is 2.33. The third kappa shape index (κ3) is 17.7. The Morgan fingerprint density at radius 1 is 0.765 bits per heavy atom. The van der Waals surface area contributed by atoms with Crippen molar-refractivity contribution in [2.24, 2.45) is 11.5 Å². The number of aryl methyl sites for hydroxylation is 5. The summed E-state index contributed by atoms with van der Waals surface area (Å²) in [7, 11) is 8.02. The number of imidazole rings is 2. The van der Waals surface area contributed by atoms with E-state index in [9.17, 15) is 33.6 Å². The number of aromatic nitrogens is 8. The van der Waals surface area contributed by atoms with Gasteiger partial charge in [-0.3, -0.25) is 53.0 Å². The minimum atomic E-state index is -0.901. The number of primary amides is 2. The average molecular weight is 1170 g/mol. The number of carbonyl (C=O) groups excluding carboxylic acids is 8. The number of carbonyl (C=O) groups is 8. The highest BCUT2D eigenvalue weighted by molar-refractivity contribution is 6.04. The number of hydrogen-bond acceptors (Lipinski definition) is 16. The third-order valence-electron chi connectivity index (χ3n) is 13.1. The number of allylic oxidation sites excluding steroid dienone is 3. The first-order valence-electron chi connectivity index (χ1n) is 27.2. The number of anilines is 2. The summed E-state index contributed by atoms with van der Waals surface area (Å²) in [4.78, 5) is 107. The quantitative estimate of drug-likeness (QED) is 0.0204. The van der Waals surface area contributed by atoms with Crippen LogP contribution in [0.4, 0.5) is 11.9 Å². The van der Waals surface area contributed by atoms with E-state index < -0.39 is 29.7 Å². The summed E-state index contributed by atoms with van der Waals surface area (Å²) in [5.74, 6) is 0.212. The lowest BCUT2D eigenvalue weighted by Crippen LogP contribution is -2.49. The maximum Gasteiger partial charge on any atom is 0.276 e. The minimum absolute atomic E-state index is 0.0566. The number of fused-ring (bicyclic) bond motifs is 2. The Bertz CT molecular complexity index is 3540. The van der Waals surface area contributed by atoms with Gasteiger partial charge >= 0.3 is 0 Å². The zero-order chi connectivity index (χ0) is 62.3. The topological polar surface area (TPSA) is 330 Å². The zero-order valence-corrected chi connectivity index (χ0v) is 49.6. The fourth-order valence-corrected chi connectivity index (χ4v) is 9.00. The molecule has 0 spiro atoms. The molecule has 0 aliphatic rings. The van der Waals surface area contributed by atoms with Crippen LogP contribution >= 0.6 is 0 Å². The van der Waals surface area contributed by atoms with E-state index in [0.29, 0.717) is 89.2 Å². The second kappa shape index (κ2) is 31.9. The number of nitrogens with two attached hydrogens (primary N) is 2. The van der Waals surface area contributed by atoms with E-state index in [1.165, 1.54) is 19.1 Å². The largest absolute Gasteiger partial charge is 0.497 e. The zero-order valence-electron chi connectivity index (χ0n) is 49.6. The van der Waals surface area contributed by atoms with Gasteiger partial charge in [0, 0.05) is 84.9 Å². The van der Waals surface area contributed by atoms with Crippen molar-refractivity contribution in [3.63, 3.8) is 0 Å². The van der Waals surface area contributed by atoms with Crippen LogP contribution in [-0.4, -0.2) is 158 Å². The van der Waals surface area contributed by atoms with E-state index in [4.69, 9.17) is 34.7 Å². The molecule has 7 rings (SSSR count). The van der Waals surface area contributed by atoms with E-state index in [1.807, 2.05) is 75.6 Å². The molecule has 0 fully saturated rings. The molecule has 0 saturated carbocycles. The summed E-state index contributed by atoms with van der Waals surface area (Å²) in [5, 5.41) is 17.5. The lowest BCUT2D eigenvalue weighted by Gasteiger charge is -2.25. The molecular formula is C59H75N15O11. The van der Waals surface area contributed by atoms with Crippen molar-refractivity contribution >= 4 is 82.5 Å². The van der Waals surface area contributed by atoms with Gasteiger partial charge in [-0.15, -0.1) is 0 Å². The molecule has 4 aromatic heterocycles. The van der Waals surface area contributed by atoms with Crippen LogP contribution in [0.3, 0.4) is 0 Å². The van der Waals surface area contributed by atoms with E-state index in [-0.39, 0.29) is 56.4 Å². The molecule has 26 nitrogen and oxygen atoms in total. The van der Waals surface area contributed by atoms with Gasteiger partial charge in [0.1, 0.15) is 52.0 Å². The fraction of sp³-hybridized carbons (Fsp3) is 0.356. The van der Waals surface area contributed by atoms with Crippen LogP contribution in [0.1, 0.15) is 80.5 Å². The Balaban J connectivity index is 0.000000902. The normalized spacial score (nSPS) is 11.3. The number of hydrogen-bond donors (Lipinski definition) is 5. The molecule has 452 valence electrons. The maximum absolute atomic E-state index is 14.0. The molecule has 7 aromatic rings. The molecule has 1 unspecified atom stereocenters. The van der Waals surface area contributed by atoms with Gasteiger partial charge in [-0.25, -0.2) is 9.97 Å². The van der Waals surface area contributed by atoms with Crippen LogP contribution in [-0.2, 0) is 56.6 Å². The van der Waals surface area contributed by atoms with Crippen molar-refractivity contribution in [3.8, 4) is 17.2 Å². The first-order valence-corrected chi connectivity index (χ1v) is 27.2. The van der Waals surface area contributed by atoms with E-state index >= 15 is 0 Å². The average Bonchev–Trinajstić information content (AvgIpc) is 3.50. The standard InChI is InChI=1S/C51H62N12O9.C7H10N2O.CH3NO/c1-9-63-40(28-33(3)58-63)48(68)57-51-56-38-30-35(47(52)67)31-41(71-8)45(38)62(51)22-11-10-21-61-46-37(55-50(61)53-4)26-32(2)27-42(46)72-25-13-20-60(6)49(69)39(29-34-15-17-36(70-7)18-16-34)54-43(65)19-23-59(5)44(66)14-12-24-64;1-3-9-7(5-10)4-6(2)8-9;2-1-3/h10-12,14-18,24,26-28,30-31,39H,9,13,19-23,25,29H2,1-8H3,(H2,52,67)(H,53,55)(H,54,65)(H,56,57,68);4-5H,3H2,1-2H3;1H,(H2,2,3)/b11-10+,14-12-;;. The molecule has 0 radical (unpaired) electrons. The van der Waals surface area contributed by atoms with Gasteiger partial charge in [-0.1, -0.05) is 24.3 Å². The summed E-state index contributed by atoms with van der Waals surface area (Å²) in [6, 6.07) is 16.8. The summed E-state index contributed by atoms with van der Waals surface area (Å²) in [6.07, 6.45) is 8.27. The maximum atomic E-state index is 14.0. The molecule has 7 N–H and O–H groups in total. The summed E-state index contributed by atoms with van der Waals surface area (Å²) >= 11 is 0. The number of amides is 6. The Kier molecular flexibility index (Phi) is 24.6. The van der Waals surface area contributed by atoms with Gasteiger partial charge < -0.3 is 55.2 Å². The van der Waals surface area contributed by atoms with Crippen LogP contribution in [0.5, 0.6) is 17.2 Å². The van der Waals surface area contributed by atoms with Crippen molar-refractivity contribution in [1.29, 1.82) is 0 Å². The van der Waals surface area contributed by atoms with Crippen molar-refractivity contribution in [1.82, 2.24) is 53.8 Å². The Morgan fingerprint density at radius 3 is 1.99 bits per heavy atom. The third-order valence-corrected chi connectivity index (χ3v) is 13.1. The van der Waals surface area contributed by atoms with Crippen LogP contribution < -0.4 is 41.6 Å². The van der Waals surface area contributed by atoms with Gasteiger partial charge in [0.05, 0.1) is 43.2 Å². The molecule has 3 aromatic carbocycles. The lowest BCUT2D eigenvalue weighted by molar-refractivity contribution is -0.135. The first-order chi connectivity index (χ1) is 40.8. The fourth-order valence-electron chi connectivity index (χ4n) is 9.00. The molecule has 6 amide bonds. The molecule has 0 aliphatic carbocycles. The van der Waals surface area contributed by atoms with E-state index in [1.54, 1.807) is 76.4 Å². The smallest absolute Gasteiger partial charge is 0.276 e. The van der Waals surface area contributed by atoms with Crippen molar-refractivity contribution < 1.29 is 52.6 Å². The van der Waals surface area contributed by atoms with E-state index in [2.05, 4.69) is 31.9 Å². The molecule has 4 heterocycles. The minimum Gasteiger partial charge on any atom is -0.497 e. The summed E-state index contributed by atoms with van der Waals surface area (Å²) < 4.78 is 24.5.